The van der Waals surface area contributed by atoms with Gasteiger partial charge in [0.2, 0.25) is 15.9 Å². The minimum absolute atomic E-state index is 0.00505. The van der Waals surface area contributed by atoms with E-state index in [-0.39, 0.29) is 5.91 Å². The Morgan fingerprint density at radius 1 is 1.38 bits per heavy atom. The van der Waals surface area contributed by atoms with Crippen LogP contribution >= 0.6 is 0 Å². The van der Waals surface area contributed by atoms with Crippen LogP contribution in [0.4, 0.5) is 0 Å². The number of hydrogen-bond acceptors (Lipinski definition) is 5. The minimum Gasteiger partial charge on any atom is -0.492 e. The number of aryl methyl sites for hydroxylation is 1. The molecule has 0 radical (unpaired) electrons. The van der Waals surface area contributed by atoms with Crippen molar-refractivity contribution < 1.29 is 22.7 Å². The van der Waals surface area contributed by atoms with E-state index in [9.17, 15) is 13.2 Å². The average molecular weight is 384 g/mol. The van der Waals surface area contributed by atoms with Gasteiger partial charge in [0.1, 0.15) is 12.4 Å². The highest BCUT2D eigenvalue weighted by Crippen LogP contribution is 2.25. The molecule has 1 aromatic carbocycles. The van der Waals surface area contributed by atoms with Gasteiger partial charge in [0.05, 0.1) is 6.26 Å². The van der Waals surface area contributed by atoms with Crippen molar-refractivity contribution >= 4 is 15.9 Å². The first-order valence-electron chi connectivity index (χ1n) is 8.94. The molecule has 0 saturated heterocycles. The number of rotatable bonds is 9. The fourth-order valence-corrected chi connectivity index (χ4v) is 3.53. The lowest BCUT2D eigenvalue weighted by molar-refractivity contribution is -0.121. The van der Waals surface area contributed by atoms with Gasteiger partial charge in [0, 0.05) is 44.8 Å². The predicted molar refractivity (Wildman–Crippen MR) is 99.6 cm³/mol. The second kappa shape index (κ2) is 9.89. The van der Waals surface area contributed by atoms with Crippen LogP contribution in [0.2, 0.25) is 0 Å². The van der Waals surface area contributed by atoms with Crippen molar-refractivity contribution in [3.8, 4) is 5.75 Å². The maximum absolute atomic E-state index is 11.9. The number of sulfonamides is 1. The van der Waals surface area contributed by atoms with Crippen molar-refractivity contribution in [2.24, 2.45) is 0 Å². The Kier molecular flexibility index (Phi) is 7.86. The van der Waals surface area contributed by atoms with E-state index in [2.05, 4.69) is 5.32 Å². The summed E-state index contributed by atoms with van der Waals surface area (Å²) in [6.45, 7) is 4.87. The van der Waals surface area contributed by atoms with Gasteiger partial charge in [-0.25, -0.2) is 8.42 Å². The number of nitrogens with zero attached hydrogens (tertiary/aromatic N) is 1. The Labute approximate surface area is 155 Å². The largest absolute Gasteiger partial charge is 0.492 e. The lowest BCUT2D eigenvalue weighted by Crippen LogP contribution is -2.31. The molecular weight excluding hydrogens is 356 g/mol. The van der Waals surface area contributed by atoms with E-state index >= 15 is 0 Å². The number of benzene rings is 1. The number of amides is 1. The molecule has 1 N–H and O–H groups in total. The van der Waals surface area contributed by atoms with Gasteiger partial charge >= 0.3 is 0 Å². The molecule has 2 rings (SSSR count). The minimum atomic E-state index is -3.27. The molecule has 0 bridgehead atoms. The van der Waals surface area contributed by atoms with Gasteiger partial charge in [0.25, 0.3) is 0 Å². The van der Waals surface area contributed by atoms with Crippen LogP contribution in [-0.4, -0.2) is 57.8 Å². The average Bonchev–Trinajstić information content (AvgIpc) is 2.81. The third-order valence-electron chi connectivity index (χ3n) is 4.17. The number of hydrogen-bond donors (Lipinski definition) is 1. The summed E-state index contributed by atoms with van der Waals surface area (Å²) < 4.78 is 35.9. The molecular formula is C18H28N2O5S. The standard InChI is InChI=1S/C18H28N2O5S/c1-3-24-11-4-9-19-18(21)8-6-15-5-7-17-16(13-15)14-20(10-12-25-17)26(2,22)23/h5,7,13H,3-4,6,8-12,14H2,1-2H3,(H,19,21). The molecule has 0 fully saturated rings. The highest BCUT2D eigenvalue weighted by Gasteiger charge is 2.22. The summed E-state index contributed by atoms with van der Waals surface area (Å²) in [6.07, 6.45) is 3.00. The predicted octanol–water partition coefficient (Wildman–Crippen LogP) is 1.32. The van der Waals surface area contributed by atoms with Gasteiger partial charge in [-0.15, -0.1) is 0 Å². The van der Waals surface area contributed by atoms with Crippen molar-refractivity contribution in [1.82, 2.24) is 9.62 Å². The van der Waals surface area contributed by atoms with Crippen LogP contribution in [0.25, 0.3) is 0 Å². The summed E-state index contributed by atoms with van der Waals surface area (Å²) in [5.41, 5.74) is 1.83. The summed E-state index contributed by atoms with van der Waals surface area (Å²) in [6, 6.07) is 5.72. The van der Waals surface area contributed by atoms with Gasteiger partial charge in [-0.2, -0.15) is 4.31 Å². The fraction of sp³-hybridized carbons (Fsp3) is 0.611. The number of fused-ring (bicyclic) bond motifs is 1. The van der Waals surface area contributed by atoms with E-state index in [1.165, 1.54) is 10.6 Å². The van der Waals surface area contributed by atoms with E-state index < -0.39 is 10.0 Å². The molecule has 8 heteroatoms. The van der Waals surface area contributed by atoms with Crippen LogP contribution in [0.1, 0.15) is 30.9 Å². The van der Waals surface area contributed by atoms with E-state index in [0.717, 1.165) is 17.5 Å². The SMILES string of the molecule is CCOCCCNC(=O)CCc1ccc2c(c1)CN(S(C)(=O)=O)CCO2. The first-order valence-corrected chi connectivity index (χ1v) is 10.8. The highest BCUT2D eigenvalue weighted by molar-refractivity contribution is 7.88. The second-order valence-electron chi connectivity index (χ2n) is 6.29. The van der Waals surface area contributed by atoms with Crippen molar-refractivity contribution in [3.05, 3.63) is 29.3 Å². The van der Waals surface area contributed by atoms with Crippen LogP contribution < -0.4 is 10.1 Å². The molecule has 146 valence electrons. The van der Waals surface area contributed by atoms with Gasteiger partial charge in [-0.1, -0.05) is 12.1 Å². The molecule has 0 aromatic heterocycles. The zero-order valence-corrected chi connectivity index (χ0v) is 16.3. The lowest BCUT2D eigenvalue weighted by atomic mass is 10.1. The van der Waals surface area contributed by atoms with Crippen LogP contribution in [0.5, 0.6) is 5.75 Å². The molecule has 1 aliphatic rings. The summed E-state index contributed by atoms with van der Waals surface area (Å²) in [7, 11) is -3.27. The van der Waals surface area contributed by atoms with Crippen molar-refractivity contribution in [1.29, 1.82) is 0 Å². The molecule has 0 spiro atoms. The summed E-state index contributed by atoms with van der Waals surface area (Å²) in [4.78, 5) is 11.9. The number of carbonyl (C=O) groups excluding carboxylic acids is 1. The Hall–Kier alpha value is -1.64. The Bertz CT molecular complexity index is 706. The summed E-state index contributed by atoms with van der Waals surface area (Å²) in [5, 5.41) is 2.88. The molecule has 1 heterocycles. The van der Waals surface area contributed by atoms with Crippen LogP contribution in [0.3, 0.4) is 0 Å². The molecule has 0 unspecified atom stereocenters. The molecule has 0 saturated carbocycles. The Balaban J connectivity index is 1.88. The molecule has 1 aromatic rings. The van der Waals surface area contributed by atoms with Gasteiger partial charge in [-0.05, 0) is 31.4 Å². The van der Waals surface area contributed by atoms with Crippen molar-refractivity contribution in [2.45, 2.75) is 32.7 Å². The van der Waals surface area contributed by atoms with Crippen molar-refractivity contribution in [3.63, 3.8) is 0 Å². The number of nitrogens with one attached hydrogen (secondary N) is 1. The van der Waals surface area contributed by atoms with E-state index in [0.29, 0.717) is 58.0 Å². The lowest BCUT2D eigenvalue weighted by Gasteiger charge is -2.16. The highest BCUT2D eigenvalue weighted by atomic mass is 32.2. The van der Waals surface area contributed by atoms with Gasteiger partial charge in [-0.3, -0.25) is 4.79 Å². The first-order chi connectivity index (χ1) is 12.4. The molecule has 1 aliphatic heterocycles. The third-order valence-corrected chi connectivity index (χ3v) is 5.42. The third kappa shape index (κ3) is 6.59. The van der Waals surface area contributed by atoms with Gasteiger partial charge < -0.3 is 14.8 Å². The van der Waals surface area contributed by atoms with Crippen molar-refractivity contribution in [2.75, 3.05) is 39.2 Å². The Morgan fingerprint density at radius 2 is 2.19 bits per heavy atom. The maximum atomic E-state index is 11.9. The number of ether oxygens (including phenoxy) is 2. The summed E-state index contributed by atoms with van der Waals surface area (Å²) >= 11 is 0. The van der Waals surface area contributed by atoms with Crippen LogP contribution in [0.15, 0.2) is 18.2 Å². The molecule has 7 nitrogen and oxygen atoms in total. The smallest absolute Gasteiger partial charge is 0.220 e. The molecule has 1 amide bonds. The topological polar surface area (TPSA) is 84.9 Å². The van der Waals surface area contributed by atoms with Crippen LogP contribution in [0, 0.1) is 0 Å². The second-order valence-corrected chi connectivity index (χ2v) is 8.27. The normalized spacial score (nSPS) is 15.0. The maximum Gasteiger partial charge on any atom is 0.220 e. The first kappa shape index (κ1) is 20.7. The summed E-state index contributed by atoms with van der Waals surface area (Å²) in [5.74, 6) is 0.714. The zero-order valence-electron chi connectivity index (χ0n) is 15.5. The monoisotopic (exact) mass is 384 g/mol. The zero-order chi connectivity index (χ0) is 19.0. The van der Waals surface area contributed by atoms with E-state index in [1.807, 2.05) is 25.1 Å². The number of carbonyl (C=O) groups is 1. The molecule has 26 heavy (non-hydrogen) atoms. The fourth-order valence-electron chi connectivity index (χ4n) is 2.75. The quantitative estimate of drug-likeness (QED) is 0.649. The van der Waals surface area contributed by atoms with Gasteiger partial charge in [0.15, 0.2) is 0 Å². The van der Waals surface area contributed by atoms with E-state index in [1.54, 1.807) is 0 Å². The van der Waals surface area contributed by atoms with Crippen LogP contribution in [-0.2, 0) is 32.5 Å². The Morgan fingerprint density at radius 3 is 2.92 bits per heavy atom. The van der Waals surface area contributed by atoms with E-state index in [4.69, 9.17) is 9.47 Å². The molecule has 0 aliphatic carbocycles. The molecule has 0 atom stereocenters.